The van der Waals surface area contributed by atoms with E-state index in [0.29, 0.717) is 0 Å². The van der Waals surface area contributed by atoms with Crippen LogP contribution < -0.4 is 0 Å². The van der Waals surface area contributed by atoms with Gasteiger partial charge in [0.25, 0.3) is 0 Å². The Morgan fingerprint density at radius 1 is 0.441 bits per heavy atom. The van der Waals surface area contributed by atoms with Crippen molar-refractivity contribution < 1.29 is 0 Å². The number of para-hydroxylation sites is 2. The maximum absolute atomic E-state index is 2.34. The highest BCUT2D eigenvalue weighted by atomic mass is 15.0. The number of aromatic nitrogens is 1. The first-order valence-corrected chi connectivity index (χ1v) is 11.8. The molecule has 0 amide bonds. The summed E-state index contributed by atoms with van der Waals surface area (Å²) < 4.78 is 2.34. The highest BCUT2D eigenvalue weighted by molar-refractivity contribution is 6.09. The van der Waals surface area contributed by atoms with Gasteiger partial charge < -0.3 is 4.57 Å². The second kappa shape index (κ2) is 9.41. The van der Waals surface area contributed by atoms with Gasteiger partial charge in [0.1, 0.15) is 0 Å². The molecule has 0 fully saturated rings. The fraction of sp³-hybridized carbons (Fsp3) is 0.0909. The second-order valence-corrected chi connectivity index (χ2v) is 8.84. The average molecular weight is 440 g/mol. The fourth-order valence-corrected chi connectivity index (χ4v) is 4.72. The van der Waals surface area contributed by atoms with Crippen molar-refractivity contribution in [1.82, 2.24) is 4.57 Å². The van der Waals surface area contributed by atoms with Crippen molar-refractivity contribution in [2.24, 2.45) is 0 Å². The Balaban J connectivity index is 0.000000152. The van der Waals surface area contributed by atoms with Crippen molar-refractivity contribution in [1.29, 1.82) is 0 Å². The van der Waals surface area contributed by atoms with Crippen LogP contribution in [0, 0.1) is 20.8 Å². The summed E-state index contributed by atoms with van der Waals surface area (Å²) in [6, 6.07) is 42.9. The third-order valence-corrected chi connectivity index (χ3v) is 6.42. The Kier molecular flexibility index (Phi) is 6.01. The molecular weight excluding hydrogens is 410 g/mol. The molecule has 1 nitrogen and oxygen atoms in total. The van der Waals surface area contributed by atoms with E-state index in [4.69, 9.17) is 0 Å². The number of hydrogen-bond acceptors (Lipinski definition) is 0. The number of hydrogen-bond donors (Lipinski definition) is 0. The van der Waals surface area contributed by atoms with Crippen LogP contribution in [0.4, 0.5) is 0 Å². The minimum atomic E-state index is 1.22. The molecule has 1 aromatic heterocycles. The summed E-state index contributed by atoms with van der Waals surface area (Å²) in [6.07, 6.45) is 0. The van der Waals surface area contributed by atoms with E-state index >= 15 is 0 Å². The molecule has 1 heteroatoms. The number of rotatable bonds is 2. The molecule has 0 bridgehead atoms. The van der Waals surface area contributed by atoms with Crippen LogP contribution in [0.2, 0.25) is 0 Å². The monoisotopic (exact) mass is 439 g/mol. The lowest BCUT2D eigenvalue weighted by Crippen LogP contribution is -1.93. The van der Waals surface area contributed by atoms with E-state index in [1.807, 2.05) is 0 Å². The van der Waals surface area contributed by atoms with Crippen LogP contribution >= 0.6 is 0 Å². The van der Waals surface area contributed by atoms with Gasteiger partial charge in [0.05, 0.1) is 11.0 Å². The summed E-state index contributed by atoms with van der Waals surface area (Å²) in [5.74, 6) is 0. The zero-order chi connectivity index (χ0) is 23.5. The minimum absolute atomic E-state index is 1.22. The fourth-order valence-electron chi connectivity index (χ4n) is 4.72. The van der Waals surface area contributed by atoms with Gasteiger partial charge in [0, 0.05) is 16.5 Å². The normalized spacial score (nSPS) is 10.8. The van der Waals surface area contributed by atoms with E-state index in [1.165, 1.54) is 55.3 Å². The molecule has 0 atom stereocenters. The molecule has 0 unspecified atom stereocenters. The van der Waals surface area contributed by atoms with E-state index in [1.54, 1.807) is 0 Å². The molecule has 0 aliphatic carbocycles. The minimum Gasteiger partial charge on any atom is -0.309 e. The van der Waals surface area contributed by atoms with Gasteiger partial charge in [0.2, 0.25) is 0 Å². The molecule has 5 aromatic carbocycles. The van der Waals surface area contributed by atoms with Crippen LogP contribution in [-0.2, 0) is 0 Å². The highest BCUT2D eigenvalue weighted by Crippen LogP contribution is 2.31. The van der Waals surface area contributed by atoms with E-state index in [9.17, 15) is 0 Å². The number of benzene rings is 5. The summed E-state index contributed by atoms with van der Waals surface area (Å²) >= 11 is 0. The standard InChI is InChI=1S/C19H15N.C14H14/c1-14-7-6-8-15(13-14)20-18-11-4-2-9-16(18)17-10-3-5-12-19(17)20;1-11-7-3-5-9-13(11)14-10-6-4-8-12(14)2/h2-13H,1H3;3-10H,1-2H3. The van der Waals surface area contributed by atoms with Gasteiger partial charge in [-0.3, -0.25) is 0 Å². The summed E-state index contributed by atoms with van der Waals surface area (Å²) in [4.78, 5) is 0. The van der Waals surface area contributed by atoms with Crippen molar-refractivity contribution in [2.75, 3.05) is 0 Å². The van der Waals surface area contributed by atoms with Crippen molar-refractivity contribution in [3.8, 4) is 16.8 Å². The average Bonchev–Trinajstić information content (AvgIpc) is 3.20. The summed E-state index contributed by atoms with van der Waals surface area (Å²) in [7, 11) is 0. The first-order chi connectivity index (χ1) is 16.6. The largest absolute Gasteiger partial charge is 0.309 e. The lowest BCUT2D eigenvalue weighted by atomic mass is 9.97. The Labute approximate surface area is 201 Å². The lowest BCUT2D eigenvalue weighted by molar-refractivity contribution is 1.17. The zero-order valence-electron chi connectivity index (χ0n) is 20.0. The molecule has 0 saturated carbocycles. The topological polar surface area (TPSA) is 4.93 Å². The zero-order valence-corrected chi connectivity index (χ0v) is 20.0. The van der Waals surface area contributed by atoms with Gasteiger partial charge in [-0.2, -0.15) is 0 Å². The maximum atomic E-state index is 2.34. The molecular formula is C33H29N. The molecule has 1 heterocycles. The van der Waals surface area contributed by atoms with Gasteiger partial charge in [-0.15, -0.1) is 0 Å². The first kappa shape index (κ1) is 21.7. The molecule has 0 N–H and O–H groups in total. The molecule has 34 heavy (non-hydrogen) atoms. The number of nitrogens with zero attached hydrogens (tertiary/aromatic N) is 1. The summed E-state index contributed by atoms with van der Waals surface area (Å²) in [5, 5.41) is 2.62. The molecule has 0 aliphatic rings. The molecule has 0 saturated heterocycles. The van der Waals surface area contributed by atoms with E-state index < -0.39 is 0 Å². The lowest BCUT2D eigenvalue weighted by Gasteiger charge is -2.08. The van der Waals surface area contributed by atoms with Crippen molar-refractivity contribution >= 4 is 21.8 Å². The smallest absolute Gasteiger partial charge is 0.0541 e. The van der Waals surface area contributed by atoms with Crippen LogP contribution in [0.1, 0.15) is 16.7 Å². The third-order valence-electron chi connectivity index (χ3n) is 6.42. The van der Waals surface area contributed by atoms with Crippen LogP contribution in [0.25, 0.3) is 38.6 Å². The highest BCUT2D eigenvalue weighted by Gasteiger charge is 2.10. The number of fused-ring (bicyclic) bond motifs is 3. The predicted octanol–water partition coefficient (Wildman–Crippen LogP) is 9.06. The number of aryl methyl sites for hydroxylation is 3. The van der Waals surface area contributed by atoms with Gasteiger partial charge in [-0.1, -0.05) is 97.1 Å². The van der Waals surface area contributed by atoms with E-state index in [2.05, 4.69) is 147 Å². The van der Waals surface area contributed by atoms with Crippen molar-refractivity contribution in [2.45, 2.75) is 20.8 Å². The van der Waals surface area contributed by atoms with Crippen LogP contribution in [-0.4, -0.2) is 4.57 Å². The molecule has 6 aromatic rings. The predicted molar refractivity (Wildman–Crippen MR) is 147 cm³/mol. The third kappa shape index (κ3) is 4.13. The maximum Gasteiger partial charge on any atom is 0.0541 e. The Morgan fingerprint density at radius 3 is 1.41 bits per heavy atom. The van der Waals surface area contributed by atoms with Gasteiger partial charge in [-0.05, 0) is 72.9 Å². The van der Waals surface area contributed by atoms with Gasteiger partial charge >= 0.3 is 0 Å². The first-order valence-electron chi connectivity index (χ1n) is 11.8. The van der Waals surface area contributed by atoms with Gasteiger partial charge in [-0.25, -0.2) is 0 Å². The van der Waals surface area contributed by atoms with Crippen LogP contribution in [0.5, 0.6) is 0 Å². The summed E-state index contributed by atoms with van der Waals surface area (Å²) in [6.45, 7) is 6.45. The Bertz CT molecular complexity index is 1490. The van der Waals surface area contributed by atoms with Crippen LogP contribution in [0.15, 0.2) is 121 Å². The summed E-state index contributed by atoms with van der Waals surface area (Å²) in [5.41, 5.74) is 10.4. The molecule has 0 spiro atoms. The Hall–Kier alpha value is -4.10. The van der Waals surface area contributed by atoms with Crippen molar-refractivity contribution in [3.05, 3.63) is 138 Å². The molecule has 166 valence electrons. The SMILES string of the molecule is Cc1cccc(-n2c3ccccc3c3ccccc32)c1.Cc1ccccc1-c1ccccc1C. The Morgan fingerprint density at radius 2 is 0.912 bits per heavy atom. The van der Waals surface area contributed by atoms with Crippen molar-refractivity contribution in [3.63, 3.8) is 0 Å². The second-order valence-electron chi connectivity index (χ2n) is 8.84. The van der Waals surface area contributed by atoms with Crippen LogP contribution in [0.3, 0.4) is 0 Å². The van der Waals surface area contributed by atoms with Gasteiger partial charge in [0.15, 0.2) is 0 Å². The van der Waals surface area contributed by atoms with E-state index in [0.717, 1.165) is 0 Å². The quantitative estimate of drug-likeness (QED) is 0.253. The van der Waals surface area contributed by atoms with E-state index in [-0.39, 0.29) is 0 Å². The molecule has 0 radical (unpaired) electrons. The molecule has 6 rings (SSSR count). The molecule has 0 aliphatic heterocycles.